The lowest BCUT2D eigenvalue weighted by Crippen LogP contribution is -2.49. The molecule has 0 heterocycles. The van der Waals surface area contributed by atoms with Crippen LogP contribution in [-0.4, -0.2) is 49.2 Å². The normalized spacial score (nSPS) is 27.6. The Kier molecular flexibility index (Phi) is 5.18. The molecule has 0 aromatic carbocycles. The van der Waals surface area contributed by atoms with E-state index >= 15 is 0 Å². The van der Waals surface area contributed by atoms with Crippen molar-refractivity contribution < 1.29 is 14.6 Å². The van der Waals surface area contributed by atoms with Gasteiger partial charge in [-0.05, 0) is 33.6 Å². The fourth-order valence-electron chi connectivity index (χ4n) is 1.88. The Morgan fingerprint density at radius 2 is 2.00 bits per heavy atom. The van der Waals surface area contributed by atoms with Crippen molar-refractivity contribution in [2.75, 3.05) is 20.3 Å². The minimum Gasteiger partial charge on any atom is -0.389 e. The van der Waals surface area contributed by atoms with Crippen LogP contribution in [0.4, 0.5) is 0 Å². The number of hydrogen-bond donors (Lipinski definition) is 2. The minimum absolute atomic E-state index is 0.0504. The molecule has 1 atom stereocenters. The molecule has 96 valence electrons. The molecule has 1 fully saturated rings. The molecule has 16 heavy (non-hydrogen) atoms. The molecule has 4 heteroatoms. The first-order valence-corrected chi connectivity index (χ1v) is 5.99. The van der Waals surface area contributed by atoms with Gasteiger partial charge in [0, 0.05) is 19.7 Å². The number of hydrogen-bond acceptors (Lipinski definition) is 4. The second-order valence-corrected chi connectivity index (χ2v) is 5.54. The number of methoxy groups -OCH3 is 1. The first-order chi connectivity index (χ1) is 7.40. The first kappa shape index (κ1) is 13.9. The summed E-state index contributed by atoms with van der Waals surface area (Å²) in [6.07, 6.45) is 2.04. The smallest absolute Gasteiger partial charge is 0.0897 e. The van der Waals surface area contributed by atoms with Gasteiger partial charge >= 0.3 is 0 Å². The van der Waals surface area contributed by atoms with E-state index in [0.717, 1.165) is 12.8 Å². The Morgan fingerprint density at radius 1 is 1.38 bits per heavy atom. The van der Waals surface area contributed by atoms with Crippen molar-refractivity contribution in [3.63, 3.8) is 0 Å². The van der Waals surface area contributed by atoms with Gasteiger partial charge in [-0.3, -0.25) is 0 Å². The lowest BCUT2D eigenvalue weighted by Gasteiger charge is -2.40. The van der Waals surface area contributed by atoms with E-state index in [1.165, 1.54) is 0 Å². The van der Waals surface area contributed by atoms with Gasteiger partial charge in [-0.25, -0.2) is 0 Å². The number of ether oxygens (including phenoxy) is 2. The predicted molar refractivity (Wildman–Crippen MR) is 63.5 cm³/mol. The molecule has 0 saturated heterocycles. The summed E-state index contributed by atoms with van der Waals surface area (Å²) in [6.45, 7) is 7.23. The van der Waals surface area contributed by atoms with Crippen molar-refractivity contribution in [3.05, 3.63) is 0 Å². The van der Waals surface area contributed by atoms with E-state index in [9.17, 15) is 5.11 Å². The molecule has 1 aliphatic carbocycles. The molecule has 2 N–H and O–H groups in total. The molecule has 0 spiro atoms. The second-order valence-electron chi connectivity index (χ2n) is 5.54. The SMILES string of the molecule is COCC(O)CNC1CC(OC(C)(C)C)C1. The van der Waals surface area contributed by atoms with E-state index in [1.54, 1.807) is 7.11 Å². The van der Waals surface area contributed by atoms with E-state index in [1.807, 2.05) is 0 Å². The van der Waals surface area contributed by atoms with Crippen LogP contribution in [0.25, 0.3) is 0 Å². The van der Waals surface area contributed by atoms with Crippen LogP contribution < -0.4 is 5.32 Å². The third-order valence-corrected chi connectivity index (χ3v) is 2.62. The van der Waals surface area contributed by atoms with Crippen molar-refractivity contribution >= 4 is 0 Å². The summed E-state index contributed by atoms with van der Waals surface area (Å²) in [5.74, 6) is 0. The zero-order chi connectivity index (χ0) is 12.2. The monoisotopic (exact) mass is 231 g/mol. The summed E-state index contributed by atoms with van der Waals surface area (Å²) < 4.78 is 10.7. The lowest BCUT2D eigenvalue weighted by molar-refractivity contribution is -0.103. The molecule has 1 unspecified atom stereocenters. The van der Waals surface area contributed by atoms with Crippen molar-refractivity contribution in [1.82, 2.24) is 5.32 Å². The van der Waals surface area contributed by atoms with Gasteiger partial charge in [-0.2, -0.15) is 0 Å². The van der Waals surface area contributed by atoms with Crippen LogP contribution in [0.1, 0.15) is 33.6 Å². The number of aliphatic hydroxyl groups is 1. The summed E-state index contributed by atoms with van der Waals surface area (Å²) in [7, 11) is 1.60. The van der Waals surface area contributed by atoms with Crippen LogP contribution in [0.2, 0.25) is 0 Å². The molecule has 1 aliphatic rings. The maximum absolute atomic E-state index is 9.45. The molecule has 0 bridgehead atoms. The fourth-order valence-corrected chi connectivity index (χ4v) is 1.88. The molecule has 0 amide bonds. The van der Waals surface area contributed by atoms with E-state index in [0.29, 0.717) is 25.3 Å². The Balaban J connectivity index is 2.04. The molecular formula is C12H25NO3. The molecular weight excluding hydrogens is 206 g/mol. The predicted octanol–water partition coefficient (Wildman–Crippen LogP) is 0.929. The van der Waals surface area contributed by atoms with Gasteiger partial charge in [-0.1, -0.05) is 0 Å². The van der Waals surface area contributed by atoms with E-state index in [4.69, 9.17) is 9.47 Å². The Morgan fingerprint density at radius 3 is 2.50 bits per heavy atom. The van der Waals surface area contributed by atoms with Crippen LogP contribution >= 0.6 is 0 Å². The zero-order valence-corrected chi connectivity index (χ0v) is 10.8. The molecule has 0 aliphatic heterocycles. The second kappa shape index (κ2) is 5.96. The van der Waals surface area contributed by atoms with Crippen LogP contribution in [0.3, 0.4) is 0 Å². The average Bonchev–Trinajstić information content (AvgIpc) is 2.07. The fraction of sp³-hybridized carbons (Fsp3) is 1.00. The zero-order valence-electron chi connectivity index (χ0n) is 10.8. The summed E-state index contributed by atoms with van der Waals surface area (Å²) in [5, 5.41) is 12.8. The standard InChI is InChI=1S/C12H25NO3/c1-12(2,3)16-11-5-9(6-11)13-7-10(14)8-15-4/h9-11,13-14H,5-8H2,1-4H3. The van der Waals surface area contributed by atoms with Gasteiger partial charge in [0.25, 0.3) is 0 Å². The van der Waals surface area contributed by atoms with E-state index < -0.39 is 6.10 Å². The van der Waals surface area contributed by atoms with Gasteiger partial charge in [0.15, 0.2) is 0 Å². The van der Waals surface area contributed by atoms with E-state index in [2.05, 4.69) is 26.1 Å². The highest BCUT2D eigenvalue weighted by Crippen LogP contribution is 2.27. The molecule has 1 saturated carbocycles. The van der Waals surface area contributed by atoms with Crippen LogP contribution in [0, 0.1) is 0 Å². The quantitative estimate of drug-likeness (QED) is 0.714. The maximum Gasteiger partial charge on any atom is 0.0897 e. The molecule has 4 nitrogen and oxygen atoms in total. The molecule has 0 radical (unpaired) electrons. The summed E-state index contributed by atoms with van der Waals surface area (Å²) in [4.78, 5) is 0. The first-order valence-electron chi connectivity index (χ1n) is 5.99. The summed E-state index contributed by atoms with van der Waals surface area (Å²) in [5.41, 5.74) is -0.0504. The van der Waals surface area contributed by atoms with Gasteiger partial charge in [-0.15, -0.1) is 0 Å². The highest BCUT2D eigenvalue weighted by molar-refractivity contribution is 4.88. The third kappa shape index (κ3) is 5.25. The van der Waals surface area contributed by atoms with Crippen molar-refractivity contribution in [1.29, 1.82) is 0 Å². The van der Waals surface area contributed by atoms with Gasteiger partial charge in [0.1, 0.15) is 0 Å². The number of aliphatic hydroxyl groups excluding tert-OH is 1. The van der Waals surface area contributed by atoms with Gasteiger partial charge < -0.3 is 19.9 Å². The van der Waals surface area contributed by atoms with Crippen LogP contribution in [0.5, 0.6) is 0 Å². The van der Waals surface area contributed by atoms with Crippen molar-refractivity contribution in [3.8, 4) is 0 Å². The molecule has 1 rings (SSSR count). The lowest BCUT2D eigenvalue weighted by atomic mass is 9.88. The Hall–Kier alpha value is -0.160. The largest absolute Gasteiger partial charge is 0.389 e. The van der Waals surface area contributed by atoms with Crippen molar-refractivity contribution in [2.45, 2.75) is 57.5 Å². The average molecular weight is 231 g/mol. The van der Waals surface area contributed by atoms with Crippen LogP contribution in [0.15, 0.2) is 0 Å². The third-order valence-electron chi connectivity index (χ3n) is 2.62. The van der Waals surface area contributed by atoms with Gasteiger partial charge in [0.05, 0.1) is 24.4 Å². The van der Waals surface area contributed by atoms with Crippen LogP contribution in [-0.2, 0) is 9.47 Å². The Bertz CT molecular complexity index is 197. The summed E-state index contributed by atoms with van der Waals surface area (Å²) in [6, 6.07) is 0.485. The molecule has 0 aromatic rings. The molecule has 0 aromatic heterocycles. The maximum atomic E-state index is 9.45. The highest BCUT2D eigenvalue weighted by atomic mass is 16.5. The van der Waals surface area contributed by atoms with Crippen molar-refractivity contribution in [2.24, 2.45) is 0 Å². The number of rotatable bonds is 6. The minimum atomic E-state index is -0.410. The Labute approximate surface area is 98.3 Å². The topological polar surface area (TPSA) is 50.7 Å². The van der Waals surface area contributed by atoms with E-state index in [-0.39, 0.29) is 5.60 Å². The highest BCUT2D eigenvalue weighted by Gasteiger charge is 2.32. The van der Waals surface area contributed by atoms with Gasteiger partial charge in [0.2, 0.25) is 0 Å². The summed E-state index contributed by atoms with van der Waals surface area (Å²) >= 11 is 0. The number of nitrogens with one attached hydrogen (secondary N) is 1.